The van der Waals surface area contributed by atoms with Crippen molar-refractivity contribution >= 4 is 21.5 Å². The molecule has 0 amide bonds. The number of fused-ring (bicyclic) bond motifs is 3. The summed E-state index contributed by atoms with van der Waals surface area (Å²) in [5, 5.41) is 13.4. The van der Waals surface area contributed by atoms with Crippen LogP contribution in [-0.4, -0.2) is 0 Å². The highest BCUT2D eigenvalue weighted by Gasteiger charge is 2.00. The summed E-state index contributed by atoms with van der Waals surface area (Å²) in [6, 6.07) is 21.2. The van der Waals surface area contributed by atoms with Gasteiger partial charge < -0.3 is 0 Å². The van der Waals surface area contributed by atoms with Crippen LogP contribution >= 0.6 is 0 Å². The van der Waals surface area contributed by atoms with E-state index in [-0.39, 0.29) is 0 Å². The Hall–Kier alpha value is -2.33. The molecule has 0 aliphatic carbocycles. The predicted molar refractivity (Wildman–Crippen MR) is 65.0 cm³/mol. The molecule has 1 radical (unpaired) electrons. The molecule has 0 saturated heterocycles. The average Bonchev–Trinajstić information content (AvgIpc) is 2.38. The van der Waals surface area contributed by atoms with Crippen LogP contribution in [0.25, 0.3) is 21.5 Å². The van der Waals surface area contributed by atoms with Gasteiger partial charge in [0, 0.05) is 0 Å². The Labute approximate surface area is 93.6 Å². The van der Waals surface area contributed by atoms with Gasteiger partial charge in [0.05, 0.1) is 11.6 Å². The summed E-state index contributed by atoms with van der Waals surface area (Å²) in [4.78, 5) is 0. The fourth-order valence-electron chi connectivity index (χ4n) is 2.01. The monoisotopic (exact) mass is 202 g/mol. The quantitative estimate of drug-likeness (QED) is 0.510. The molecular weight excluding hydrogens is 194 g/mol. The van der Waals surface area contributed by atoms with E-state index in [9.17, 15) is 0 Å². The van der Waals surface area contributed by atoms with Crippen molar-refractivity contribution in [2.24, 2.45) is 0 Å². The van der Waals surface area contributed by atoms with Crippen LogP contribution in [-0.2, 0) is 0 Å². The van der Waals surface area contributed by atoms with Gasteiger partial charge in [-0.1, -0.05) is 36.4 Å². The Bertz CT molecular complexity index is 720. The molecule has 0 unspecified atom stereocenters. The van der Waals surface area contributed by atoms with E-state index in [1.165, 1.54) is 10.8 Å². The molecular formula is C15H8N. The van der Waals surface area contributed by atoms with Gasteiger partial charge in [-0.3, -0.25) is 0 Å². The number of nitrogens with zero attached hydrogens (tertiary/aromatic N) is 1. The van der Waals surface area contributed by atoms with Gasteiger partial charge in [0.15, 0.2) is 0 Å². The molecule has 3 aromatic rings. The van der Waals surface area contributed by atoms with E-state index < -0.39 is 0 Å². The van der Waals surface area contributed by atoms with Gasteiger partial charge in [0.1, 0.15) is 0 Å². The highest BCUT2D eigenvalue weighted by Crippen LogP contribution is 2.25. The fourth-order valence-corrected chi connectivity index (χ4v) is 2.01. The minimum Gasteiger partial charge on any atom is -0.192 e. The number of hydrogen-bond acceptors (Lipinski definition) is 1. The van der Waals surface area contributed by atoms with Gasteiger partial charge in [-0.15, -0.1) is 0 Å². The lowest BCUT2D eigenvalue weighted by Gasteiger charge is -2.03. The minimum absolute atomic E-state index is 0.701. The summed E-state index contributed by atoms with van der Waals surface area (Å²) in [5.74, 6) is 0. The average molecular weight is 202 g/mol. The maximum atomic E-state index is 8.85. The number of rotatable bonds is 0. The lowest BCUT2D eigenvalue weighted by molar-refractivity contribution is 1.50. The summed E-state index contributed by atoms with van der Waals surface area (Å²) in [6.45, 7) is 0. The van der Waals surface area contributed by atoms with Crippen molar-refractivity contribution < 1.29 is 0 Å². The summed E-state index contributed by atoms with van der Waals surface area (Å²) in [5.41, 5.74) is 0.701. The van der Waals surface area contributed by atoms with E-state index in [4.69, 9.17) is 5.26 Å². The van der Waals surface area contributed by atoms with Crippen molar-refractivity contribution in [1.82, 2.24) is 0 Å². The van der Waals surface area contributed by atoms with E-state index in [0.717, 1.165) is 10.8 Å². The first-order valence-corrected chi connectivity index (χ1v) is 5.12. The predicted octanol–water partition coefficient (Wildman–Crippen LogP) is 3.66. The second-order valence-corrected chi connectivity index (χ2v) is 3.74. The van der Waals surface area contributed by atoms with E-state index in [1.807, 2.05) is 42.5 Å². The number of hydrogen-bond donors (Lipinski definition) is 0. The molecule has 3 aromatic carbocycles. The van der Waals surface area contributed by atoms with Crippen LogP contribution in [0.5, 0.6) is 0 Å². The van der Waals surface area contributed by atoms with Crippen molar-refractivity contribution in [3.05, 3.63) is 60.2 Å². The number of nitriles is 1. The molecule has 1 heteroatoms. The lowest BCUT2D eigenvalue weighted by Crippen LogP contribution is -1.79. The maximum Gasteiger partial charge on any atom is 0.0991 e. The molecule has 0 fully saturated rings. The third kappa shape index (κ3) is 1.24. The number of benzene rings is 3. The lowest BCUT2D eigenvalue weighted by atomic mass is 10.0. The second-order valence-electron chi connectivity index (χ2n) is 3.74. The van der Waals surface area contributed by atoms with Crippen molar-refractivity contribution in [3.8, 4) is 6.07 Å². The van der Waals surface area contributed by atoms with Crippen LogP contribution in [0.15, 0.2) is 48.5 Å². The molecule has 0 aliphatic heterocycles. The zero-order chi connectivity index (χ0) is 11.0. The van der Waals surface area contributed by atoms with Crippen molar-refractivity contribution in [2.75, 3.05) is 0 Å². The molecule has 0 saturated carbocycles. The molecule has 73 valence electrons. The van der Waals surface area contributed by atoms with Gasteiger partial charge >= 0.3 is 0 Å². The fraction of sp³-hybridized carbons (Fsp3) is 0. The standard InChI is InChI=1S/C15H8N/c16-10-11-5-8-15-13(9-11)7-6-12-3-1-2-4-14(12)15/h1-2,4-9H. The summed E-state index contributed by atoms with van der Waals surface area (Å²) >= 11 is 0. The van der Waals surface area contributed by atoms with Gasteiger partial charge in [-0.2, -0.15) is 5.26 Å². The second kappa shape index (κ2) is 3.36. The third-order valence-electron chi connectivity index (χ3n) is 2.79. The molecule has 0 bridgehead atoms. The molecule has 0 aliphatic rings. The summed E-state index contributed by atoms with van der Waals surface area (Å²) < 4.78 is 0. The third-order valence-corrected chi connectivity index (χ3v) is 2.79. The van der Waals surface area contributed by atoms with E-state index in [0.29, 0.717) is 5.56 Å². The van der Waals surface area contributed by atoms with Crippen molar-refractivity contribution in [3.63, 3.8) is 0 Å². The molecule has 16 heavy (non-hydrogen) atoms. The smallest absolute Gasteiger partial charge is 0.0991 e. The van der Waals surface area contributed by atoms with Crippen LogP contribution in [0.1, 0.15) is 5.56 Å². The summed E-state index contributed by atoms with van der Waals surface area (Å²) in [6.07, 6.45) is 0. The van der Waals surface area contributed by atoms with Crippen LogP contribution in [0.3, 0.4) is 0 Å². The Kier molecular flexibility index (Phi) is 1.88. The Morgan fingerprint density at radius 1 is 1.00 bits per heavy atom. The molecule has 0 spiro atoms. The van der Waals surface area contributed by atoms with Crippen molar-refractivity contribution in [2.45, 2.75) is 0 Å². The Balaban J connectivity index is 2.49. The Morgan fingerprint density at radius 2 is 1.94 bits per heavy atom. The zero-order valence-corrected chi connectivity index (χ0v) is 8.57. The van der Waals surface area contributed by atoms with Crippen LogP contribution < -0.4 is 0 Å². The summed E-state index contributed by atoms with van der Waals surface area (Å²) in [7, 11) is 0. The highest BCUT2D eigenvalue weighted by atomic mass is 14.2. The SMILES string of the molecule is N#Cc1ccc2c(ccc3[c]cccc32)c1. The topological polar surface area (TPSA) is 23.8 Å². The first-order valence-electron chi connectivity index (χ1n) is 5.12. The van der Waals surface area contributed by atoms with Crippen molar-refractivity contribution in [1.29, 1.82) is 5.26 Å². The van der Waals surface area contributed by atoms with E-state index in [2.05, 4.69) is 18.2 Å². The normalized spacial score (nSPS) is 10.4. The molecule has 3 rings (SSSR count). The first-order chi connectivity index (χ1) is 7.88. The minimum atomic E-state index is 0.701. The van der Waals surface area contributed by atoms with Crippen LogP contribution in [0.4, 0.5) is 0 Å². The molecule has 0 aromatic heterocycles. The van der Waals surface area contributed by atoms with Crippen LogP contribution in [0, 0.1) is 17.4 Å². The first kappa shape index (κ1) is 8.94. The molecule has 0 N–H and O–H groups in total. The van der Waals surface area contributed by atoms with Gasteiger partial charge in [0.25, 0.3) is 0 Å². The zero-order valence-electron chi connectivity index (χ0n) is 8.57. The van der Waals surface area contributed by atoms with Crippen LogP contribution in [0.2, 0.25) is 0 Å². The largest absolute Gasteiger partial charge is 0.192 e. The maximum absolute atomic E-state index is 8.85. The Morgan fingerprint density at radius 3 is 2.81 bits per heavy atom. The van der Waals surface area contributed by atoms with Gasteiger partial charge in [0.2, 0.25) is 0 Å². The van der Waals surface area contributed by atoms with E-state index >= 15 is 0 Å². The molecule has 1 nitrogen and oxygen atoms in total. The molecule has 0 heterocycles. The van der Waals surface area contributed by atoms with Gasteiger partial charge in [-0.25, -0.2) is 0 Å². The molecule has 0 atom stereocenters. The van der Waals surface area contributed by atoms with Gasteiger partial charge in [-0.05, 0) is 39.7 Å². The highest BCUT2D eigenvalue weighted by molar-refractivity contribution is 6.07. The van der Waals surface area contributed by atoms with E-state index in [1.54, 1.807) is 0 Å².